The minimum absolute atomic E-state index is 0.0307. The van der Waals surface area contributed by atoms with Gasteiger partial charge in [0, 0.05) is 31.9 Å². The predicted octanol–water partition coefficient (Wildman–Crippen LogP) is 1.56. The Labute approximate surface area is 121 Å². The van der Waals surface area contributed by atoms with Crippen molar-refractivity contribution in [1.82, 2.24) is 9.21 Å². The number of carbonyl (C=O) groups excluding carboxylic acids is 1. The molecule has 1 aromatic heterocycles. The molecule has 1 saturated heterocycles. The van der Waals surface area contributed by atoms with Gasteiger partial charge in [0.25, 0.3) is 0 Å². The van der Waals surface area contributed by atoms with Crippen molar-refractivity contribution in [2.75, 3.05) is 20.1 Å². The van der Waals surface area contributed by atoms with E-state index in [0.29, 0.717) is 22.3 Å². The van der Waals surface area contributed by atoms with Crippen LogP contribution in [0.4, 0.5) is 0 Å². The number of likely N-dealkylation sites (tertiary alicyclic amines) is 1. The fourth-order valence-corrected chi connectivity index (χ4v) is 5.11. The van der Waals surface area contributed by atoms with Gasteiger partial charge in [0.15, 0.2) is 0 Å². The Morgan fingerprint density at radius 1 is 1.53 bits per heavy atom. The van der Waals surface area contributed by atoms with E-state index < -0.39 is 10.0 Å². The van der Waals surface area contributed by atoms with Gasteiger partial charge in [0.05, 0.1) is 15.3 Å². The Hall–Kier alpha value is -0.630. The normalized spacial score (nSPS) is 16.8. The van der Waals surface area contributed by atoms with Crippen molar-refractivity contribution in [1.29, 1.82) is 0 Å². The number of amides is 1. The first-order valence-corrected chi connectivity index (χ1v) is 8.36. The lowest BCUT2D eigenvalue weighted by Gasteiger charge is -2.42. The number of rotatable bonds is 3. The number of hydrogen-bond donors (Lipinski definition) is 0. The second-order valence-electron chi connectivity index (χ2n) is 4.57. The number of likely N-dealkylation sites (N-methyl/N-ethyl adjacent to an activating group) is 1. The second kappa shape index (κ2) is 5.05. The lowest BCUT2D eigenvalue weighted by atomic mass is 10.1. The molecule has 8 heteroatoms. The Bertz CT molecular complexity index is 605. The summed E-state index contributed by atoms with van der Waals surface area (Å²) in [7, 11) is -1.99. The minimum atomic E-state index is -3.54. The summed E-state index contributed by atoms with van der Waals surface area (Å²) in [5, 5.41) is 0. The fraction of sp³-hybridized carbons (Fsp3) is 0.545. The van der Waals surface area contributed by atoms with E-state index in [2.05, 4.69) is 0 Å². The van der Waals surface area contributed by atoms with E-state index in [1.54, 1.807) is 18.9 Å². The molecule has 2 heterocycles. The molecule has 1 amide bonds. The molecule has 0 spiro atoms. The summed E-state index contributed by atoms with van der Waals surface area (Å²) in [6.45, 7) is 4.11. The molecule has 0 saturated carbocycles. The smallest absolute Gasteiger partial charge is 0.244 e. The van der Waals surface area contributed by atoms with Crippen molar-refractivity contribution in [2.45, 2.75) is 24.8 Å². The fourth-order valence-electron chi connectivity index (χ4n) is 1.98. The van der Waals surface area contributed by atoms with Gasteiger partial charge in [-0.05, 0) is 13.0 Å². The molecule has 1 aromatic rings. The van der Waals surface area contributed by atoms with Crippen LogP contribution in [-0.4, -0.2) is 49.7 Å². The van der Waals surface area contributed by atoms with Crippen LogP contribution in [0.1, 0.15) is 11.8 Å². The van der Waals surface area contributed by atoms with Crippen LogP contribution < -0.4 is 0 Å². The highest BCUT2D eigenvalue weighted by molar-refractivity contribution is 7.89. The Balaban J connectivity index is 2.17. The molecule has 0 unspecified atom stereocenters. The van der Waals surface area contributed by atoms with E-state index in [4.69, 9.17) is 11.6 Å². The van der Waals surface area contributed by atoms with Gasteiger partial charge in [-0.3, -0.25) is 4.79 Å². The molecule has 1 aliphatic heterocycles. The highest BCUT2D eigenvalue weighted by atomic mass is 35.5. The average molecular weight is 323 g/mol. The maximum Gasteiger partial charge on any atom is 0.244 e. The maximum absolute atomic E-state index is 12.4. The molecule has 0 radical (unpaired) electrons. The molecule has 0 N–H and O–H groups in total. The summed E-state index contributed by atoms with van der Waals surface area (Å²) in [6.07, 6.45) is 0. The van der Waals surface area contributed by atoms with Gasteiger partial charge in [-0.1, -0.05) is 11.6 Å². The topological polar surface area (TPSA) is 57.7 Å². The summed E-state index contributed by atoms with van der Waals surface area (Å²) in [4.78, 5) is 13.7. The monoisotopic (exact) mass is 322 g/mol. The average Bonchev–Trinajstić information content (AvgIpc) is 2.55. The zero-order valence-corrected chi connectivity index (χ0v) is 13.3. The SMILES string of the molecule is CC(=O)N1CC(N(C)S(=O)(=O)c2cc(Cl)sc2C)C1. The molecule has 0 atom stereocenters. The number of halogens is 1. The molecule has 0 bridgehead atoms. The summed E-state index contributed by atoms with van der Waals surface area (Å²) >= 11 is 7.10. The van der Waals surface area contributed by atoms with Crippen LogP contribution >= 0.6 is 22.9 Å². The van der Waals surface area contributed by atoms with E-state index in [-0.39, 0.29) is 16.8 Å². The molecular formula is C11H15ClN2O3S2. The standard InChI is InChI=1S/C11H15ClN2O3S2/c1-7-10(4-11(12)18-7)19(16,17)13(3)9-5-14(6-9)8(2)15/h4,9H,5-6H2,1-3H3. The van der Waals surface area contributed by atoms with Crippen LogP contribution in [0.2, 0.25) is 4.34 Å². The van der Waals surface area contributed by atoms with Crippen molar-refractivity contribution in [3.05, 3.63) is 15.3 Å². The first kappa shape index (κ1) is 14.8. The van der Waals surface area contributed by atoms with Gasteiger partial charge in [-0.25, -0.2) is 8.42 Å². The van der Waals surface area contributed by atoms with Gasteiger partial charge in [-0.15, -0.1) is 11.3 Å². The number of hydrogen-bond acceptors (Lipinski definition) is 4. The van der Waals surface area contributed by atoms with Gasteiger partial charge in [0.1, 0.15) is 0 Å². The lowest BCUT2D eigenvalue weighted by Crippen LogP contribution is -2.60. The Morgan fingerprint density at radius 2 is 2.11 bits per heavy atom. The van der Waals surface area contributed by atoms with Crippen LogP contribution in [0.25, 0.3) is 0 Å². The van der Waals surface area contributed by atoms with E-state index >= 15 is 0 Å². The predicted molar refractivity (Wildman–Crippen MR) is 75.1 cm³/mol. The first-order valence-electron chi connectivity index (χ1n) is 5.73. The highest BCUT2D eigenvalue weighted by Gasteiger charge is 2.38. The summed E-state index contributed by atoms with van der Waals surface area (Å²) < 4.78 is 26.7. The van der Waals surface area contributed by atoms with Gasteiger partial charge >= 0.3 is 0 Å². The minimum Gasteiger partial charge on any atom is -0.340 e. The first-order chi connectivity index (χ1) is 8.73. The van der Waals surface area contributed by atoms with Gasteiger partial charge < -0.3 is 4.90 Å². The number of thiophene rings is 1. The van der Waals surface area contributed by atoms with Crippen LogP contribution in [0.15, 0.2) is 11.0 Å². The van der Waals surface area contributed by atoms with Crippen LogP contribution in [0.5, 0.6) is 0 Å². The zero-order valence-electron chi connectivity index (χ0n) is 10.9. The zero-order chi connectivity index (χ0) is 14.4. The molecule has 1 aliphatic rings. The summed E-state index contributed by atoms with van der Waals surface area (Å²) in [5.41, 5.74) is 0. The third-order valence-corrected chi connectivity index (χ3v) is 6.67. The van der Waals surface area contributed by atoms with Crippen molar-refractivity contribution in [2.24, 2.45) is 0 Å². The molecule has 19 heavy (non-hydrogen) atoms. The van der Waals surface area contributed by atoms with Crippen molar-refractivity contribution < 1.29 is 13.2 Å². The molecule has 1 fully saturated rings. The molecule has 2 rings (SSSR count). The van der Waals surface area contributed by atoms with Gasteiger partial charge in [-0.2, -0.15) is 4.31 Å². The van der Waals surface area contributed by atoms with Crippen molar-refractivity contribution in [3.63, 3.8) is 0 Å². The second-order valence-corrected chi connectivity index (χ2v) is 8.42. The number of sulfonamides is 1. The molecule has 0 aliphatic carbocycles. The number of carbonyl (C=O) groups is 1. The van der Waals surface area contributed by atoms with E-state index in [1.807, 2.05) is 0 Å². The summed E-state index contributed by atoms with van der Waals surface area (Å²) in [5.74, 6) is -0.0307. The quantitative estimate of drug-likeness (QED) is 0.848. The Morgan fingerprint density at radius 3 is 2.53 bits per heavy atom. The van der Waals surface area contributed by atoms with Crippen LogP contribution in [0, 0.1) is 6.92 Å². The van der Waals surface area contributed by atoms with E-state index in [1.165, 1.54) is 28.6 Å². The van der Waals surface area contributed by atoms with Crippen molar-refractivity contribution in [3.8, 4) is 0 Å². The van der Waals surface area contributed by atoms with Crippen LogP contribution in [-0.2, 0) is 14.8 Å². The Kier molecular flexibility index (Phi) is 3.92. The third-order valence-electron chi connectivity index (χ3n) is 3.32. The molecule has 5 nitrogen and oxygen atoms in total. The molecular weight excluding hydrogens is 308 g/mol. The highest BCUT2D eigenvalue weighted by Crippen LogP contribution is 2.32. The molecule has 106 valence electrons. The number of aryl methyl sites for hydroxylation is 1. The van der Waals surface area contributed by atoms with E-state index in [9.17, 15) is 13.2 Å². The van der Waals surface area contributed by atoms with E-state index in [0.717, 1.165) is 0 Å². The summed E-state index contributed by atoms with van der Waals surface area (Å²) in [6, 6.07) is 1.32. The third kappa shape index (κ3) is 2.65. The lowest BCUT2D eigenvalue weighted by molar-refractivity contribution is -0.134. The largest absolute Gasteiger partial charge is 0.340 e. The van der Waals surface area contributed by atoms with Crippen molar-refractivity contribution >= 4 is 38.9 Å². The molecule has 0 aromatic carbocycles. The maximum atomic E-state index is 12.4. The van der Waals surface area contributed by atoms with Gasteiger partial charge in [0.2, 0.25) is 15.9 Å². The number of nitrogens with zero attached hydrogens (tertiary/aromatic N) is 2. The van der Waals surface area contributed by atoms with Crippen LogP contribution in [0.3, 0.4) is 0 Å².